The number of allylic oxidation sites excluding steroid dienone is 3. The van der Waals surface area contributed by atoms with Crippen LogP contribution in [0.15, 0.2) is 114 Å². The zero-order chi connectivity index (χ0) is 43.9. The first-order chi connectivity index (χ1) is 29.8. The van der Waals surface area contributed by atoms with Crippen molar-refractivity contribution in [2.75, 3.05) is 36.6 Å². The van der Waals surface area contributed by atoms with Gasteiger partial charge in [-0.3, -0.25) is 19.3 Å². The Morgan fingerprint density at radius 2 is 1.66 bits per heavy atom. The lowest BCUT2D eigenvalue weighted by molar-refractivity contribution is -0.149. The van der Waals surface area contributed by atoms with E-state index in [1.807, 2.05) is 71.6 Å². The van der Waals surface area contributed by atoms with Crippen molar-refractivity contribution in [3.8, 4) is 17.2 Å². The van der Waals surface area contributed by atoms with E-state index in [1.165, 1.54) is 16.3 Å². The molecule has 4 heterocycles. The van der Waals surface area contributed by atoms with E-state index in [9.17, 15) is 14.7 Å². The number of rotatable bonds is 12. The van der Waals surface area contributed by atoms with Crippen molar-refractivity contribution < 1.29 is 33.7 Å². The zero-order valence-electron chi connectivity index (χ0n) is 37.0. The minimum absolute atomic E-state index is 0.0723. The van der Waals surface area contributed by atoms with Crippen LogP contribution < -0.4 is 24.5 Å². The van der Waals surface area contributed by atoms with E-state index in [-0.39, 0.29) is 48.3 Å². The number of nitrogens with zero attached hydrogens (tertiary/aromatic N) is 3. The molecule has 1 spiro atoms. The second-order valence-electron chi connectivity index (χ2n) is 18.1. The largest absolute Gasteiger partial charge is 0.497 e. The van der Waals surface area contributed by atoms with Gasteiger partial charge in [-0.1, -0.05) is 84.9 Å². The van der Waals surface area contributed by atoms with Crippen molar-refractivity contribution in [1.82, 2.24) is 4.90 Å². The van der Waals surface area contributed by atoms with Crippen molar-refractivity contribution in [2.24, 2.45) is 5.92 Å². The Hall–Kier alpha value is -5.49. The number of aliphatic hydroxyl groups excluding tert-OH is 1. The third-order valence-electron chi connectivity index (χ3n) is 13.7. The number of fused-ring (bicyclic) bond motifs is 4. The van der Waals surface area contributed by atoms with E-state index in [1.54, 1.807) is 29.0 Å². The molecule has 0 radical (unpaired) electrons. The summed E-state index contributed by atoms with van der Waals surface area (Å²) in [4.78, 5) is 50.1. The van der Waals surface area contributed by atoms with E-state index in [2.05, 4.69) is 65.1 Å². The summed E-state index contributed by atoms with van der Waals surface area (Å²) in [5.74, 6) is 0.885. The van der Waals surface area contributed by atoms with Crippen LogP contribution in [0.5, 0.6) is 17.2 Å². The van der Waals surface area contributed by atoms with Crippen LogP contribution in [0.25, 0.3) is 0 Å². The minimum Gasteiger partial charge on any atom is -0.497 e. The molecule has 0 unspecified atom stereocenters. The van der Waals surface area contributed by atoms with Gasteiger partial charge in [0.05, 0.1) is 57.3 Å². The molecular weight excluding hydrogens is 795 g/mol. The first-order valence-corrected chi connectivity index (χ1v) is 25.1. The molecule has 324 valence electrons. The van der Waals surface area contributed by atoms with Crippen molar-refractivity contribution in [2.45, 2.75) is 96.2 Å². The number of benzene rings is 4. The summed E-state index contributed by atoms with van der Waals surface area (Å²) in [6.07, 6.45) is 7.20. The van der Waals surface area contributed by atoms with E-state index >= 15 is 4.79 Å². The summed E-state index contributed by atoms with van der Waals surface area (Å²) in [7, 11) is -0.934. The van der Waals surface area contributed by atoms with Gasteiger partial charge in [0.1, 0.15) is 11.5 Å². The number of aliphatic hydroxyl groups is 1. The Labute approximate surface area is 366 Å². The highest BCUT2D eigenvalue weighted by molar-refractivity contribution is 6.91. The van der Waals surface area contributed by atoms with Crippen LogP contribution in [0.4, 0.5) is 17.1 Å². The summed E-state index contributed by atoms with van der Waals surface area (Å²) in [5, 5.41) is 11.4. The van der Waals surface area contributed by atoms with Gasteiger partial charge in [-0.15, -0.1) is 0 Å². The molecule has 0 aliphatic carbocycles. The van der Waals surface area contributed by atoms with Gasteiger partial charge in [-0.25, -0.2) is 0 Å². The molecule has 0 bridgehead atoms. The van der Waals surface area contributed by atoms with Crippen molar-refractivity contribution in [1.29, 1.82) is 0 Å². The van der Waals surface area contributed by atoms with Crippen LogP contribution in [0.2, 0.25) is 18.6 Å². The molecule has 2 fully saturated rings. The molecule has 4 aliphatic heterocycles. The van der Waals surface area contributed by atoms with E-state index < -0.39 is 19.8 Å². The fourth-order valence-electron chi connectivity index (χ4n) is 10.5. The monoisotopic (exact) mass is 853 g/mol. The average molecular weight is 854 g/mol. The minimum atomic E-state index is -2.59. The fourth-order valence-corrected chi connectivity index (χ4v) is 14.5. The molecule has 5 atom stereocenters. The molecule has 3 amide bonds. The van der Waals surface area contributed by atoms with Crippen LogP contribution >= 0.6 is 0 Å². The second-order valence-corrected chi connectivity index (χ2v) is 22.8. The molecule has 8 rings (SSSR count). The summed E-state index contributed by atoms with van der Waals surface area (Å²) in [6, 6.07) is 28.5. The predicted molar refractivity (Wildman–Crippen MR) is 247 cm³/mol. The number of para-hydroxylation sites is 3. The molecular formula is C51H59N3O7Si. The third-order valence-corrected chi connectivity index (χ3v) is 18.1. The fraction of sp³-hybridized carbons (Fsp3) is 0.392. The number of carbonyl (C=O) groups is 3. The highest BCUT2D eigenvalue weighted by Gasteiger charge is 2.66. The van der Waals surface area contributed by atoms with Gasteiger partial charge in [0.15, 0.2) is 11.4 Å². The summed E-state index contributed by atoms with van der Waals surface area (Å²) in [5.41, 5.74) is 3.78. The lowest BCUT2D eigenvalue weighted by atomic mass is 9.82. The number of hydrogen-bond donors (Lipinski definition) is 1. The number of hydrogen-bond acceptors (Lipinski definition) is 7. The molecule has 0 saturated carbocycles. The van der Waals surface area contributed by atoms with E-state index in [0.29, 0.717) is 47.1 Å². The van der Waals surface area contributed by atoms with Gasteiger partial charge in [0.25, 0.3) is 11.8 Å². The number of amides is 3. The Morgan fingerprint density at radius 3 is 2.39 bits per heavy atom. The van der Waals surface area contributed by atoms with Crippen LogP contribution in [-0.4, -0.2) is 74.8 Å². The first kappa shape index (κ1) is 43.2. The predicted octanol–water partition coefficient (Wildman–Crippen LogP) is 9.41. The zero-order valence-corrected chi connectivity index (χ0v) is 38.0. The van der Waals surface area contributed by atoms with Gasteiger partial charge in [-0.2, -0.15) is 0 Å². The van der Waals surface area contributed by atoms with Gasteiger partial charge in [0.2, 0.25) is 5.91 Å². The lowest BCUT2D eigenvalue weighted by Gasteiger charge is -2.37. The van der Waals surface area contributed by atoms with Crippen LogP contribution in [0.3, 0.4) is 0 Å². The van der Waals surface area contributed by atoms with Crippen LogP contribution in [-0.2, 0) is 19.9 Å². The lowest BCUT2D eigenvalue weighted by Crippen LogP contribution is -2.52. The Bertz CT molecular complexity index is 2420. The average Bonchev–Trinajstić information content (AvgIpc) is 3.90. The smallest absolute Gasteiger partial charge is 0.266 e. The molecule has 0 aromatic heterocycles. The Morgan fingerprint density at radius 1 is 0.935 bits per heavy atom. The molecule has 4 aromatic rings. The first-order valence-electron chi connectivity index (χ1n) is 22.0. The Balaban J connectivity index is 1.28. The number of carbonyl (C=O) groups excluding carboxylic acids is 3. The second kappa shape index (κ2) is 17.3. The van der Waals surface area contributed by atoms with E-state index in [0.717, 1.165) is 37.1 Å². The number of methoxy groups -OCH3 is 1. The molecule has 4 aromatic carbocycles. The molecule has 62 heavy (non-hydrogen) atoms. The third kappa shape index (κ3) is 7.58. The van der Waals surface area contributed by atoms with Gasteiger partial charge in [0, 0.05) is 30.3 Å². The topological polar surface area (TPSA) is 109 Å². The molecule has 4 aliphatic rings. The van der Waals surface area contributed by atoms with Crippen LogP contribution in [0, 0.1) is 5.92 Å². The van der Waals surface area contributed by atoms with Crippen LogP contribution in [0.1, 0.15) is 75.7 Å². The Kier molecular flexibility index (Phi) is 12.1. The SMILES string of the molecule is COc1ccc([Si](C)(C)[C@H]2[C@H](CC(=O)N3CCC[C@H]3CO)O[C@@]3(C(=O)N(C/C=C(\C)CCC=C(C)C)c4ccc(N5C(=O)c6ccccc6Oc6ccccc65)cc43)[C@@H]2C)cc1. The van der Waals surface area contributed by atoms with Crippen molar-refractivity contribution in [3.63, 3.8) is 0 Å². The van der Waals surface area contributed by atoms with Gasteiger partial charge < -0.3 is 29.1 Å². The maximum atomic E-state index is 15.7. The maximum absolute atomic E-state index is 15.7. The van der Waals surface area contributed by atoms with Crippen molar-refractivity contribution in [3.05, 3.63) is 125 Å². The number of likely N-dealkylation sites (tertiary alicyclic amines) is 1. The normalized spacial score (nSPS) is 23.2. The summed E-state index contributed by atoms with van der Waals surface area (Å²) in [6.45, 7) is 13.9. The highest BCUT2D eigenvalue weighted by Crippen LogP contribution is 2.61. The van der Waals surface area contributed by atoms with Gasteiger partial charge in [-0.05, 0) is 107 Å². The molecule has 1 N–H and O–H groups in total. The molecule has 2 saturated heterocycles. The quantitative estimate of drug-likeness (QED) is 0.112. The van der Waals surface area contributed by atoms with E-state index in [4.69, 9.17) is 14.2 Å². The van der Waals surface area contributed by atoms with Crippen molar-refractivity contribution >= 4 is 48.0 Å². The highest BCUT2D eigenvalue weighted by atomic mass is 28.3. The molecule has 11 heteroatoms. The standard InChI is InChI=1S/C51H59N3O7Si/c1-33(2)14-12-15-34(3)27-29-53-42-26-21-36(54-43-18-9-11-20-45(43)60-44-19-10-8-17-40(44)49(54)57)30-41(42)51(50(53)58)35(4)48(62(6,7)39-24-22-38(59-5)23-25-39)46(61-51)31-47(56)52-28-13-16-37(52)32-55/h8-11,14,17-27,30,35,37,46,48,55H,12-13,15-16,28-29,31-32H2,1-7H3/b34-27+/t35-,37+,46+,48-,51+/m1/s1. The summed E-state index contributed by atoms with van der Waals surface area (Å²) >= 11 is 0. The number of anilines is 3. The maximum Gasteiger partial charge on any atom is 0.266 e. The number of ether oxygens (including phenoxy) is 3. The summed E-state index contributed by atoms with van der Waals surface area (Å²) < 4.78 is 19.3. The van der Waals surface area contributed by atoms with Gasteiger partial charge >= 0.3 is 0 Å². The molecule has 10 nitrogen and oxygen atoms in total.